The fraction of sp³-hybridized carbons (Fsp3) is 0.222. The van der Waals surface area contributed by atoms with Gasteiger partial charge in [-0.1, -0.05) is 84.9 Å². The molecule has 1 heterocycles. The molecule has 1 fully saturated rings. The van der Waals surface area contributed by atoms with Gasteiger partial charge in [-0.3, -0.25) is 5.01 Å². The molecule has 2 aliphatic rings. The number of nitrogens with zero attached hydrogens (tertiary/aromatic N) is 2. The Morgan fingerprint density at radius 2 is 1.40 bits per heavy atom. The van der Waals surface area contributed by atoms with Crippen LogP contribution >= 0.6 is 0 Å². The van der Waals surface area contributed by atoms with Crippen molar-refractivity contribution in [3.8, 4) is 11.1 Å². The summed E-state index contributed by atoms with van der Waals surface area (Å²) in [5, 5.41) is 6.98. The molecule has 0 unspecified atom stereocenters. The maximum absolute atomic E-state index is 4.76. The summed E-state index contributed by atoms with van der Waals surface area (Å²) >= 11 is 0. The molecule has 3 nitrogen and oxygen atoms in total. The number of nitrogens with one attached hydrogen (secondary N) is 1. The first-order chi connectivity index (χ1) is 14.8. The molecular weight excluding hydrogens is 366 g/mol. The first-order valence-corrected chi connectivity index (χ1v) is 10.8. The van der Waals surface area contributed by atoms with Crippen LogP contribution in [-0.2, 0) is 0 Å². The lowest BCUT2D eigenvalue weighted by Crippen LogP contribution is -3.14. The van der Waals surface area contributed by atoms with Crippen molar-refractivity contribution >= 4 is 12.3 Å². The van der Waals surface area contributed by atoms with Gasteiger partial charge in [-0.05, 0) is 29.2 Å². The number of benzene rings is 3. The first-order valence-electron chi connectivity index (χ1n) is 10.8. The van der Waals surface area contributed by atoms with E-state index < -0.39 is 0 Å². The van der Waals surface area contributed by atoms with E-state index in [1.54, 1.807) is 4.90 Å². The largest absolute Gasteiger partial charge is 0.322 e. The van der Waals surface area contributed by atoms with Crippen LogP contribution in [0.3, 0.4) is 0 Å². The Hall–Kier alpha value is -3.17. The third-order valence-corrected chi connectivity index (χ3v) is 6.24. The van der Waals surface area contributed by atoms with E-state index in [0.717, 1.165) is 26.2 Å². The van der Waals surface area contributed by atoms with Crippen molar-refractivity contribution in [2.24, 2.45) is 5.10 Å². The van der Waals surface area contributed by atoms with Crippen LogP contribution in [0.5, 0.6) is 0 Å². The first kappa shape index (κ1) is 18.8. The van der Waals surface area contributed by atoms with Gasteiger partial charge in [0.1, 0.15) is 6.04 Å². The lowest BCUT2D eigenvalue weighted by Gasteiger charge is -2.34. The summed E-state index contributed by atoms with van der Waals surface area (Å²) in [6, 6.07) is 28.7. The number of allylic oxidation sites excluding steroid dienone is 1. The molecule has 3 aromatic carbocycles. The molecule has 1 aliphatic heterocycles. The van der Waals surface area contributed by atoms with Crippen LogP contribution in [-0.4, -0.2) is 37.4 Å². The van der Waals surface area contributed by atoms with E-state index in [9.17, 15) is 0 Å². The third kappa shape index (κ3) is 3.69. The highest BCUT2D eigenvalue weighted by Gasteiger charge is 2.37. The van der Waals surface area contributed by atoms with E-state index in [2.05, 4.69) is 90.8 Å². The van der Waals surface area contributed by atoms with Crippen LogP contribution in [0, 0.1) is 0 Å². The average Bonchev–Trinajstić information content (AvgIpc) is 3.13. The van der Waals surface area contributed by atoms with Gasteiger partial charge in [0.05, 0.1) is 26.2 Å². The summed E-state index contributed by atoms with van der Waals surface area (Å²) in [4.78, 5) is 1.65. The van der Waals surface area contributed by atoms with Gasteiger partial charge in [0.2, 0.25) is 0 Å². The van der Waals surface area contributed by atoms with Crippen molar-refractivity contribution < 1.29 is 4.90 Å². The van der Waals surface area contributed by atoms with Crippen LogP contribution in [0.25, 0.3) is 17.2 Å². The van der Waals surface area contributed by atoms with Gasteiger partial charge in [0.15, 0.2) is 0 Å². The quantitative estimate of drug-likeness (QED) is 0.662. The fourth-order valence-corrected chi connectivity index (χ4v) is 4.80. The van der Waals surface area contributed by atoms with Crippen molar-refractivity contribution in [1.82, 2.24) is 5.01 Å². The van der Waals surface area contributed by atoms with Gasteiger partial charge < -0.3 is 4.90 Å². The Bertz CT molecular complexity index is 1030. The molecule has 150 valence electrons. The normalized spacial score (nSPS) is 17.4. The van der Waals surface area contributed by atoms with Gasteiger partial charge in [-0.2, -0.15) is 5.10 Å². The summed E-state index contributed by atoms with van der Waals surface area (Å²) in [6.07, 6.45) is 4.18. The topological polar surface area (TPSA) is 20.0 Å². The maximum Gasteiger partial charge on any atom is 0.140 e. The Kier molecular flexibility index (Phi) is 5.20. The number of rotatable bonds is 4. The molecule has 0 saturated carbocycles. The van der Waals surface area contributed by atoms with Crippen LogP contribution in [0.4, 0.5) is 0 Å². The van der Waals surface area contributed by atoms with E-state index in [1.807, 2.05) is 12.3 Å². The predicted molar refractivity (Wildman–Crippen MR) is 125 cm³/mol. The zero-order chi connectivity index (χ0) is 20.3. The maximum atomic E-state index is 4.76. The second-order valence-corrected chi connectivity index (χ2v) is 8.26. The van der Waals surface area contributed by atoms with Gasteiger partial charge in [-0.15, -0.1) is 0 Å². The number of quaternary nitrogens is 1. The van der Waals surface area contributed by atoms with Crippen molar-refractivity contribution in [2.45, 2.75) is 13.0 Å². The molecule has 1 saturated heterocycles. The Morgan fingerprint density at radius 3 is 2.03 bits per heavy atom. The van der Waals surface area contributed by atoms with E-state index in [4.69, 9.17) is 5.10 Å². The molecule has 0 bridgehead atoms. The minimum atomic E-state index is 0.447. The number of piperazine rings is 1. The molecule has 0 spiro atoms. The predicted octanol–water partition coefficient (Wildman–Crippen LogP) is 4.05. The highest BCUT2D eigenvalue weighted by molar-refractivity contribution is 5.84. The zero-order valence-corrected chi connectivity index (χ0v) is 17.5. The minimum Gasteiger partial charge on any atom is -0.322 e. The van der Waals surface area contributed by atoms with Crippen LogP contribution in [0.2, 0.25) is 0 Å². The molecule has 1 aliphatic carbocycles. The molecule has 0 radical (unpaired) electrons. The Morgan fingerprint density at radius 1 is 0.833 bits per heavy atom. The van der Waals surface area contributed by atoms with E-state index in [1.165, 1.54) is 33.4 Å². The zero-order valence-electron chi connectivity index (χ0n) is 17.5. The van der Waals surface area contributed by atoms with Crippen LogP contribution in [0.1, 0.15) is 29.7 Å². The van der Waals surface area contributed by atoms with E-state index in [0.29, 0.717) is 6.04 Å². The lowest BCUT2D eigenvalue weighted by atomic mass is 10.0. The van der Waals surface area contributed by atoms with Crippen molar-refractivity contribution in [3.05, 3.63) is 101 Å². The van der Waals surface area contributed by atoms with Gasteiger partial charge in [-0.25, -0.2) is 0 Å². The molecule has 30 heavy (non-hydrogen) atoms. The Balaban J connectivity index is 1.27. The molecule has 3 aromatic rings. The summed E-state index contributed by atoms with van der Waals surface area (Å²) in [6.45, 7) is 6.30. The standard InChI is InChI=1S/C27H27N3/c1-21(19-22-9-3-2-4-10-22)20-28-30-17-15-29(16-18-30)27-25-13-7-5-11-23(25)24-12-6-8-14-26(24)27/h2-14,19-20,27H,15-18H2,1H3/p+1/b21-19+,28-20?. The van der Waals surface area contributed by atoms with Crippen molar-refractivity contribution in [1.29, 1.82) is 0 Å². The molecule has 5 rings (SSSR count). The highest BCUT2D eigenvalue weighted by Crippen LogP contribution is 2.41. The van der Waals surface area contributed by atoms with E-state index >= 15 is 0 Å². The van der Waals surface area contributed by atoms with Crippen LogP contribution < -0.4 is 4.90 Å². The molecule has 0 atom stereocenters. The second-order valence-electron chi connectivity index (χ2n) is 8.26. The fourth-order valence-electron chi connectivity index (χ4n) is 4.80. The summed E-state index contributed by atoms with van der Waals surface area (Å²) in [5.41, 5.74) is 8.17. The Labute approximate surface area is 179 Å². The summed E-state index contributed by atoms with van der Waals surface area (Å²) in [5.74, 6) is 0. The van der Waals surface area contributed by atoms with E-state index in [-0.39, 0.29) is 0 Å². The van der Waals surface area contributed by atoms with Gasteiger partial charge in [0.25, 0.3) is 0 Å². The second kappa shape index (κ2) is 8.29. The summed E-state index contributed by atoms with van der Waals surface area (Å²) < 4.78 is 0. The number of fused-ring (bicyclic) bond motifs is 3. The minimum absolute atomic E-state index is 0.447. The molecule has 0 aromatic heterocycles. The van der Waals surface area contributed by atoms with Gasteiger partial charge >= 0.3 is 0 Å². The summed E-state index contributed by atoms with van der Waals surface area (Å²) in [7, 11) is 0. The lowest BCUT2D eigenvalue weighted by molar-refractivity contribution is -0.929. The van der Waals surface area contributed by atoms with Gasteiger partial charge in [0, 0.05) is 17.3 Å². The molecule has 3 heteroatoms. The van der Waals surface area contributed by atoms with Crippen molar-refractivity contribution in [3.63, 3.8) is 0 Å². The number of hydrazone groups is 1. The monoisotopic (exact) mass is 394 g/mol. The number of hydrogen-bond donors (Lipinski definition) is 1. The average molecular weight is 395 g/mol. The molecule has 1 N–H and O–H groups in total. The third-order valence-electron chi connectivity index (χ3n) is 6.24. The SMILES string of the molecule is C/C(C=NN1CC[NH+](C2c3ccccc3-c3ccccc32)CC1)=C\c1ccccc1. The molecular formula is C27H28N3+. The number of hydrogen-bond acceptors (Lipinski definition) is 2. The molecule has 0 amide bonds. The van der Waals surface area contributed by atoms with Crippen molar-refractivity contribution in [2.75, 3.05) is 26.2 Å². The van der Waals surface area contributed by atoms with Crippen LogP contribution in [0.15, 0.2) is 89.5 Å². The highest BCUT2D eigenvalue weighted by atomic mass is 15.5. The smallest absolute Gasteiger partial charge is 0.140 e.